The van der Waals surface area contributed by atoms with Crippen LogP contribution in [0.15, 0.2) is 11.4 Å². The van der Waals surface area contributed by atoms with Crippen molar-refractivity contribution in [1.82, 2.24) is 20.6 Å². The van der Waals surface area contributed by atoms with Gasteiger partial charge in [-0.1, -0.05) is 25.6 Å². The van der Waals surface area contributed by atoms with Gasteiger partial charge in [-0.15, -0.1) is 11.3 Å². The second-order valence-electron chi connectivity index (χ2n) is 6.85. The predicted octanol–water partition coefficient (Wildman–Crippen LogP) is 3.53. The lowest BCUT2D eigenvalue weighted by atomic mass is 9.97. The van der Waals surface area contributed by atoms with Gasteiger partial charge in [-0.3, -0.25) is 10.1 Å². The van der Waals surface area contributed by atoms with Crippen LogP contribution in [0.1, 0.15) is 43.6 Å². The average molecular weight is 393 g/mol. The number of amides is 3. The first kappa shape index (κ1) is 19.1. The smallest absolute Gasteiger partial charge is 0.321 e. The summed E-state index contributed by atoms with van der Waals surface area (Å²) in [5.74, 6) is 0.361. The van der Waals surface area contributed by atoms with Crippen LogP contribution >= 0.6 is 23.1 Å². The van der Waals surface area contributed by atoms with Gasteiger partial charge in [-0.25, -0.2) is 14.8 Å². The van der Waals surface area contributed by atoms with Gasteiger partial charge in [0.2, 0.25) is 5.91 Å². The van der Waals surface area contributed by atoms with Crippen LogP contribution in [0, 0.1) is 5.92 Å². The summed E-state index contributed by atoms with van der Waals surface area (Å²) < 4.78 is 0. The van der Waals surface area contributed by atoms with Gasteiger partial charge in [0, 0.05) is 16.8 Å². The molecule has 3 amide bonds. The van der Waals surface area contributed by atoms with E-state index in [0.717, 1.165) is 34.5 Å². The highest BCUT2D eigenvalue weighted by Crippen LogP contribution is 2.39. The number of carbonyl (C=O) groups excluding carboxylic acids is 2. The van der Waals surface area contributed by atoms with E-state index in [4.69, 9.17) is 0 Å². The first-order valence-electron chi connectivity index (χ1n) is 9.00. The summed E-state index contributed by atoms with van der Waals surface area (Å²) in [7, 11) is 0. The third-order valence-corrected chi connectivity index (χ3v) is 6.51. The van der Waals surface area contributed by atoms with E-state index in [9.17, 15) is 9.59 Å². The van der Waals surface area contributed by atoms with Crippen LogP contribution in [0.5, 0.6) is 0 Å². The van der Waals surface area contributed by atoms with Gasteiger partial charge in [0.15, 0.2) is 0 Å². The lowest BCUT2D eigenvalue weighted by Crippen LogP contribution is -2.40. The lowest BCUT2D eigenvalue weighted by molar-refractivity contribution is -0.117. The Kier molecular flexibility index (Phi) is 6.48. The van der Waals surface area contributed by atoms with Gasteiger partial charge in [0.25, 0.3) is 0 Å². The molecule has 26 heavy (non-hydrogen) atoms. The number of thiophene rings is 1. The molecule has 0 bridgehead atoms. The van der Waals surface area contributed by atoms with Crippen molar-refractivity contribution in [3.63, 3.8) is 0 Å². The number of carbonyl (C=O) groups is 2. The Morgan fingerprint density at radius 2 is 2.08 bits per heavy atom. The van der Waals surface area contributed by atoms with E-state index in [1.54, 1.807) is 17.7 Å². The Hall–Kier alpha value is -1.67. The van der Waals surface area contributed by atoms with Gasteiger partial charge in [0.1, 0.15) is 16.2 Å². The van der Waals surface area contributed by atoms with Gasteiger partial charge >= 0.3 is 6.03 Å². The van der Waals surface area contributed by atoms with E-state index in [-0.39, 0.29) is 11.7 Å². The van der Waals surface area contributed by atoms with Crippen molar-refractivity contribution in [3.05, 3.63) is 16.8 Å². The molecule has 0 aromatic carbocycles. The van der Waals surface area contributed by atoms with Crippen LogP contribution < -0.4 is 10.6 Å². The van der Waals surface area contributed by atoms with Gasteiger partial charge in [0.05, 0.1) is 5.75 Å². The molecule has 2 heterocycles. The van der Waals surface area contributed by atoms with E-state index < -0.39 is 6.03 Å². The Morgan fingerprint density at radius 3 is 2.88 bits per heavy atom. The minimum atomic E-state index is -0.433. The quantitative estimate of drug-likeness (QED) is 0.580. The van der Waals surface area contributed by atoms with E-state index in [1.165, 1.54) is 35.0 Å². The van der Waals surface area contributed by atoms with E-state index in [1.807, 2.05) is 0 Å². The Labute approximate surface area is 161 Å². The summed E-state index contributed by atoms with van der Waals surface area (Å²) in [5, 5.41) is 7.02. The molecule has 2 aromatic heterocycles. The normalized spacial score (nSPS) is 13.7. The molecule has 0 atom stereocenters. The lowest BCUT2D eigenvalue weighted by Gasteiger charge is -2.11. The van der Waals surface area contributed by atoms with Crippen LogP contribution in [0.2, 0.25) is 0 Å². The summed E-state index contributed by atoms with van der Waals surface area (Å²) in [6, 6.07) is -0.433. The summed E-state index contributed by atoms with van der Waals surface area (Å²) in [6.45, 7) is 4.75. The maximum Gasteiger partial charge on any atom is 0.321 e. The first-order chi connectivity index (χ1) is 12.5. The van der Waals surface area contributed by atoms with Gasteiger partial charge < -0.3 is 5.32 Å². The SMILES string of the molecule is CC(C)CCNC(=O)NC(=O)CSc1ncnc2sc3c(c12)CCCC3. The molecule has 0 fully saturated rings. The predicted molar refractivity (Wildman–Crippen MR) is 106 cm³/mol. The fraction of sp³-hybridized carbons (Fsp3) is 0.556. The van der Waals surface area contributed by atoms with Crippen molar-refractivity contribution < 1.29 is 9.59 Å². The van der Waals surface area contributed by atoms with E-state index >= 15 is 0 Å². The highest BCUT2D eigenvalue weighted by molar-refractivity contribution is 8.00. The number of thioether (sulfide) groups is 1. The average Bonchev–Trinajstić information content (AvgIpc) is 2.98. The molecule has 0 saturated carbocycles. The number of hydrogen-bond acceptors (Lipinski definition) is 6. The highest BCUT2D eigenvalue weighted by atomic mass is 32.2. The number of nitrogens with zero attached hydrogens (tertiary/aromatic N) is 2. The summed E-state index contributed by atoms with van der Waals surface area (Å²) in [6.07, 6.45) is 7.03. The molecule has 1 aliphatic carbocycles. The number of aryl methyl sites for hydroxylation is 2. The maximum absolute atomic E-state index is 12.1. The van der Waals surface area contributed by atoms with Crippen molar-refractivity contribution in [2.75, 3.05) is 12.3 Å². The van der Waals surface area contributed by atoms with Crippen molar-refractivity contribution >= 4 is 45.3 Å². The molecule has 140 valence electrons. The van der Waals surface area contributed by atoms with Gasteiger partial charge in [-0.2, -0.15) is 0 Å². The van der Waals surface area contributed by atoms with Gasteiger partial charge in [-0.05, 0) is 43.6 Å². The van der Waals surface area contributed by atoms with E-state index in [0.29, 0.717) is 12.5 Å². The zero-order valence-electron chi connectivity index (χ0n) is 15.1. The largest absolute Gasteiger partial charge is 0.338 e. The molecule has 2 N–H and O–H groups in total. The summed E-state index contributed by atoms with van der Waals surface area (Å²) >= 11 is 3.11. The minimum absolute atomic E-state index is 0.161. The highest BCUT2D eigenvalue weighted by Gasteiger charge is 2.20. The Bertz CT molecular complexity index is 804. The molecule has 0 unspecified atom stereocenters. The fourth-order valence-electron chi connectivity index (χ4n) is 2.99. The molecule has 6 nitrogen and oxygen atoms in total. The number of urea groups is 1. The molecule has 0 spiro atoms. The Balaban J connectivity index is 1.58. The molecule has 0 radical (unpaired) electrons. The number of nitrogens with one attached hydrogen (secondary N) is 2. The number of imide groups is 1. The number of fused-ring (bicyclic) bond motifs is 3. The maximum atomic E-state index is 12.1. The molecule has 3 rings (SSSR count). The first-order valence-corrected chi connectivity index (χ1v) is 10.8. The van der Waals surface area contributed by atoms with Crippen molar-refractivity contribution in [2.24, 2.45) is 5.92 Å². The minimum Gasteiger partial charge on any atom is -0.338 e. The number of aromatic nitrogens is 2. The molecular formula is C18H24N4O2S2. The zero-order valence-corrected chi connectivity index (χ0v) is 16.8. The third kappa shape index (κ3) is 4.73. The fourth-order valence-corrected chi connectivity index (χ4v) is 5.11. The second kappa shape index (κ2) is 8.81. The van der Waals surface area contributed by atoms with Crippen LogP contribution in [-0.2, 0) is 17.6 Å². The zero-order chi connectivity index (χ0) is 18.5. The number of hydrogen-bond donors (Lipinski definition) is 2. The second-order valence-corrected chi connectivity index (χ2v) is 8.89. The van der Waals surface area contributed by atoms with E-state index in [2.05, 4.69) is 34.4 Å². The molecule has 8 heteroatoms. The van der Waals surface area contributed by atoms with Crippen molar-refractivity contribution in [3.8, 4) is 0 Å². The molecule has 0 aliphatic heterocycles. The summed E-state index contributed by atoms with van der Waals surface area (Å²) in [4.78, 5) is 35.0. The summed E-state index contributed by atoms with van der Waals surface area (Å²) in [5.41, 5.74) is 1.35. The molecule has 2 aromatic rings. The molecule has 0 saturated heterocycles. The monoisotopic (exact) mass is 392 g/mol. The van der Waals surface area contributed by atoms with Crippen LogP contribution in [0.4, 0.5) is 4.79 Å². The van der Waals surface area contributed by atoms with Crippen molar-refractivity contribution in [2.45, 2.75) is 51.0 Å². The van der Waals surface area contributed by atoms with Crippen LogP contribution in [0.25, 0.3) is 10.2 Å². The topological polar surface area (TPSA) is 84.0 Å². The molecular weight excluding hydrogens is 368 g/mol. The third-order valence-electron chi connectivity index (χ3n) is 4.32. The standard InChI is InChI=1S/C18H24N4O2S2/c1-11(2)7-8-19-18(24)22-14(23)9-25-16-15-12-5-3-4-6-13(12)26-17(15)21-10-20-16/h10-11H,3-9H2,1-2H3,(H2,19,22,23,24). The molecule has 1 aliphatic rings. The van der Waals surface area contributed by atoms with Crippen LogP contribution in [-0.4, -0.2) is 34.2 Å². The van der Waals surface area contributed by atoms with Crippen LogP contribution in [0.3, 0.4) is 0 Å². The Morgan fingerprint density at radius 1 is 1.27 bits per heavy atom. The number of rotatable bonds is 6. The van der Waals surface area contributed by atoms with Crippen molar-refractivity contribution in [1.29, 1.82) is 0 Å².